The number of hydrogen-bond donors (Lipinski definition) is 4. The molecule has 1 aromatic carbocycles. The van der Waals surface area contributed by atoms with E-state index in [9.17, 15) is 14.0 Å². The lowest BCUT2D eigenvalue weighted by molar-refractivity contribution is -0.116. The molecule has 0 aliphatic heterocycles. The van der Waals surface area contributed by atoms with Crippen molar-refractivity contribution in [2.24, 2.45) is 0 Å². The summed E-state index contributed by atoms with van der Waals surface area (Å²) >= 11 is 0. The number of aromatic amines is 1. The number of allylic oxidation sites excluding steroid dienone is 1. The lowest BCUT2D eigenvalue weighted by Crippen LogP contribution is -2.25. The van der Waals surface area contributed by atoms with Gasteiger partial charge in [0.25, 0.3) is 5.56 Å². The van der Waals surface area contributed by atoms with Crippen molar-refractivity contribution in [1.82, 2.24) is 15.6 Å². The van der Waals surface area contributed by atoms with E-state index in [1.54, 1.807) is 19.3 Å². The first kappa shape index (κ1) is 18.9. The Balaban J connectivity index is 2.52. The molecule has 0 atom stereocenters. The summed E-state index contributed by atoms with van der Waals surface area (Å²) in [5.74, 6) is -0.796. The number of pyridine rings is 1. The average Bonchev–Trinajstić information content (AvgIpc) is 2.65. The molecule has 0 radical (unpaired) electrons. The van der Waals surface area contributed by atoms with Gasteiger partial charge in [0.1, 0.15) is 5.82 Å². The van der Waals surface area contributed by atoms with Gasteiger partial charge in [0.15, 0.2) is 0 Å². The molecule has 6 nitrogen and oxygen atoms in total. The molecule has 0 saturated heterocycles. The molecule has 7 heteroatoms. The van der Waals surface area contributed by atoms with Gasteiger partial charge in [-0.1, -0.05) is 18.7 Å². The predicted octanol–water partition coefficient (Wildman–Crippen LogP) is 2.08. The Labute approximate surface area is 150 Å². The lowest BCUT2D eigenvalue weighted by atomic mass is 10.0. The smallest absolute Gasteiger partial charge is 0.256 e. The molecule has 26 heavy (non-hydrogen) atoms. The van der Waals surface area contributed by atoms with Crippen LogP contribution in [0.15, 0.2) is 60.1 Å². The lowest BCUT2D eigenvalue weighted by Gasteiger charge is -2.12. The van der Waals surface area contributed by atoms with Gasteiger partial charge in [0.2, 0.25) is 5.91 Å². The summed E-state index contributed by atoms with van der Waals surface area (Å²) < 4.78 is 13.1. The van der Waals surface area contributed by atoms with E-state index in [-0.39, 0.29) is 12.3 Å². The fraction of sp³-hybridized carbons (Fsp3) is 0.105. The van der Waals surface area contributed by atoms with Crippen molar-refractivity contribution in [2.75, 3.05) is 7.05 Å². The molecule has 1 aromatic heterocycles. The van der Waals surface area contributed by atoms with E-state index in [1.807, 2.05) is 0 Å². The molecule has 134 valence electrons. The Morgan fingerprint density at radius 2 is 2.04 bits per heavy atom. The second kappa shape index (κ2) is 8.57. The summed E-state index contributed by atoms with van der Waals surface area (Å²) in [5, 5.41) is 13.6. The zero-order valence-electron chi connectivity index (χ0n) is 14.2. The van der Waals surface area contributed by atoms with E-state index < -0.39 is 17.3 Å². The van der Waals surface area contributed by atoms with Crippen LogP contribution in [-0.2, 0) is 11.3 Å². The number of benzene rings is 1. The minimum Gasteiger partial charge on any atom is -0.394 e. The third kappa shape index (κ3) is 4.54. The summed E-state index contributed by atoms with van der Waals surface area (Å²) in [4.78, 5) is 26.6. The predicted molar refractivity (Wildman–Crippen MR) is 99.5 cm³/mol. The summed E-state index contributed by atoms with van der Waals surface area (Å²) in [6.07, 6.45) is 4.23. The van der Waals surface area contributed by atoms with Gasteiger partial charge >= 0.3 is 0 Å². The maximum atomic E-state index is 13.1. The van der Waals surface area contributed by atoms with Crippen LogP contribution in [-0.4, -0.2) is 23.7 Å². The Morgan fingerprint density at radius 1 is 1.35 bits per heavy atom. The quantitative estimate of drug-likeness (QED) is 0.453. The molecule has 0 unspecified atom stereocenters. The van der Waals surface area contributed by atoms with E-state index in [4.69, 9.17) is 5.41 Å². The maximum absolute atomic E-state index is 13.1. The van der Waals surface area contributed by atoms with Gasteiger partial charge in [0, 0.05) is 23.9 Å². The fourth-order valence-corrected chi connectivity index (χ4v) is 2.30. The SMILES string of the molecule is C=CC(=O)NCc1[nH]c(=O)c(-c2ccc(F)cc2)cc1C(=N)/C=C\NC. The van der Waals surface area contributed by atoms with Crippen molar-refractivity contribution in [3.05, 3.63) is 82.7 Å². The van der Waals surface area contributed by atoms with Crippen molar-refractivity contribution in [2.45, 2.75) is 6.54 Å². The standard InChI is InChI=1S/C19H19FN4O2/c1-3-18(25)23-11-17-15(16(21)8-9-22-2)10-14(19(26)24-17)12-4-6-13(20)7-5-12/h3-10,21-22H,1,11H2,2H3,(H,23,25)(H,24,26)/b9-8-,21-16?. The molecule has 2 rings (SSSR count). The van der Waals surface area contributed by atoms with Crippen LogP contribution in [0, 0.1) is 11.2 Å². The first-order chi connectivity index (χ1) is 12.5. The summed E-state index contributed by atoms with van der Waals surface area (Å²) in [6, 6.07) is 7.08. The summed E-state index contributed by atoms with van der Waals surface area (Å²) in [7, 11) is 1.70. The van der Waals surface area contributed by atoms with E-state index >= 15 is 0 Å². The first-order valence-corrected chi connectivity index (χ1v) is 7.81. The van der Waals surface area contributed by atoms with Crippen LogP contribution in [0.4, 0.5) is 4.39 Å². The second-order valence-corrected chi connectivity index (χ2v) is 5.37. The van der Waals surface area contributed by atoms with Crippen LogP contribution in [0.25, 0.3) is 11.1 Å². The fourth-order valence-electron chi connectivity index (χ4n) is 2.30. The number of amides is 1. The molecule has 0 saturated carbocycles. The summed E-state index contributed by atoms with van der Waals surface area (Å²) in [5.41, 5.74) is 1.42. The minimum absolute atomic E-state index is 0.0366. The normalized spacial score (nSPS) is 10.5. The monoisotopic (exact) mass is 354 g/mol. The van der Waals surface area contributed by atoms with Gasteiger partial charge in [-0.3, -0.25) is 9.59 Å². The largest absolute Gasteiger partial charge is 0.394 e. The maximum Gasteiger partial charge on any atom is 0.256 e. The van der Waals surface area contributed by atoms with Crippen molar-refractivity contribution < 1.29 is 9.18 Å². The van der Waals surface area contributed by atoms with Crippen LogP contribution in [0.3, 0.4) is 0 Å². The zero-order valence-corrected chi connectivity index (χ0v) is 14.2. The number of carbonyl (C=O) groups is 1. The highest BCUT2D eigenvalue weighted by Crippen LogP contribution is 2.19. The van der Waals surface area contributed by atoms with E-state index in [1.165, 1.54) is 30.3 Å². The number of hydrogen-bond acceptors (Lipinski definition) is 4. The number of aromatic nitrogens is 1. The topological polar surface area (TPSA) is 97.8 Å². The Bertz CT molecular complexity index is 914. The Hall–Kier alpha value is -3.48. The van der Waals surface area contributed by atoms with Crippen molar-refractivity contribution in [3.8, 4) is 11.1 Å². The number of carbonyl (C=O) groups excluding carboxylic acids is 1. The van der Waals surface area contributed by atoms with Gasteiger partial charge < -0.3 is 21.0 Å². The van der Waals surface area contributed by atoms with Crippen LogP contribution in [0.1, 0.15) is 11.3 Å². The molecular formula is C19H19FN4O2. The first-order valence-electron chi connectivity index (χ1n) is 7.81. The molecule has 4 N–H and O–H groups in total. The Kier molecular flexibility index (Phi) is 6.21. The number of nitrogens with one attached hydrogen (secondary N) is 4. The highest BCUT2D eigenvalue weighted by Gasteiger charge is 2.13. The van der Waals surface area contributed by atoms with Gasteiger partial charge in [-0.15, -0.1) is 0 Å². The van der Waals surface area contributed by atoms with Crippen LogP contribution < -0.4 is 16.2 Å². The molecule has 0 spiro atoms. The van der Waals surface area contributed by atoms with E-state index in [2.05, 4.69) is 22.2 Å². The van der Waals surface area contributed by atoms with Crippen molar-refractivity contribution in [3.63, 3.8) is 0 Å². The van der Waals surface area contributed by atoms with Gasteiger partial charge in [-0.25, -0.2) is 4.39 Å². The van der Waals surface area contributed by atoms with E-state index in [0.717, 1.165) is 6.08 Å². The molecule has 2 aromatic rings. The highest BCUT2D eigenvalue weighted by molar-refractivity contribution is 6.07. The number of halogens is 1. The van der Waals surface area contributed by atoms with Crippen molar-refractivity contribution in [1.29, 1.82) is 5.41 Å². The Morgan fingerprint density at radius 3 is 2.65 bits per heavy atom. The van der Waals surface area contributed by atoms with E-state index in [0.29, 0.717) is 22.4 Å². The zero-order chi connectivity index (χ0) is 19.1. The summed E-state index contributed by atoms with van der Waals surface area (Å²) in [6.45, 7) is 3.41. The van der Waals surface area contributed by atoms with Crippen LogP contribution >= 0.6 is 0 Å². The third-order valence-electron chi connectivity index (χ3n) is 3.61. The van der Waals surface area contributed by atoms with Crippen molar-refractivity contribution >= 4 is 11.6 Å². The van der Waals surface area contributed by atoms with Gasteiger partial charge in [-0.2, -0.15) is 0 Å². The minimum atomic E-state index is -0.404. The van der Waals surface area contributed by atoms with Gasteiger partial charge in [0.05, 0.1) is 12.3 Å². The number of H-pyrrole nitrogens is 1. The molecular weight excluding hydrogens is 335 g/mol. The van der Waals surface area contributed by atoms with Crippen LogP contribution in [0.2, 0.25) is 0 Å². The average molecular weight is 354 g/mol. The highest BCUT2D eigenvalue weighted by atomic mass is 19.1. The molecule has 0 bridgehead atoms. The number of rotatable bonds is 7. The molecule has 1 amide bonds. The second-order valence-electron chi connectivity index (χ2n) is 5.37. The molecule has 0 fully saturated rings. The van der Waals surface area contributed by atoms with Gasteiger partial charge in [-0.05, 0) is 42.1 Å². The van der Waals surface area contributed by atoms with Crippen LogP contribution in [0.5, 0.6) is 0 Å². The molecule has 0 aliphatic rings. The molecule has 1 heterocycles. The molecule has 0 aliphatic carbocycles. The third-order valence-corrected chi connectivity index (χ3v) is 3.61.